The monoisotopic (exact) mass is 389 g/mol. The Labute approximate surface area is 167 Å². The number of hydrogen-bond donors (Lipinski definition) is 1. The fourth-order valence-corrected chi connectivity index (χ4v) is 4.02. The standard InChI is InChI=1S/C21H31N3O4/c1-23-10-12-24(13-11-23)21(26)16-6-4-15(5-7-16)20(25)22-18-9-8-17(27-2)14-19(18)28-3/h8-9,14-16H,4-7,10-13H2,1-3H3,(H,22,25). The number of nitrogens with one attached hydrogen (secondary N) is 1. The largest absolute Gasteiger partial charge is 0.497 e. The van der Waals surface area contributed by atoms with Gasteiger partial charge in [0.15, 0.2) is 0 Å². The lowest BCUT2D eigenvalue weighted by molar-refractivity contribution is -0.139. The first-order valence-electron chi connectivity index (χ1n) is 10.0. The summed E-state index contributed by atoms with van der Waals surface area (Å²) in [7, 11) is 5.25. The van der Waals surface area contributed by atoms with Gasteiger partial charge in [0, 0.05) is 44.1 Å². The summed E-state index contributed by atoms with van der Waals surface area (Å²) >= 11 is 0. The highest BCUT2D eigenvalue weighted by molar-refractivity contribution is 5.94. The van der Waals surface area contributed by atoms with Gasteiger partial charge in [-0.2, -0.15) is 0 Å². The van der Waals surface area contributed by atoms with Gasteiger partial charge in [0.25, 0.3) is 0 Å². The second kappa shape index (κ2) is 9.28. The Kier molecular flexibility index (Phi) is 6.78. The van der Waals surface area contributed by atoms with E-state index >= 15 is 0 Å². The summed E-state index contributed by atoms with van der Waals surface area (Å²) in [4.78, 5) is 29.7. The van der Waals surface area contributed by atoms with Gasteiger partial charge >= 0.3 is 0 Å². The number of rotatable bonds is 5. The number of likely N-dealkylation sites (N-methyl/N-ethyl adjacent to an activating group) is 1. The number of hydrogen-bond acceptors (Lipinski definition) is 5. The van der Waals surface area contributed by atoms with Crippen LogP contribution in [0.5, 0.6) is 11.5 Å². The zero-order valence-corrected chi connectivity index (χ0v) is 17.1. The molecule has 0 spiro atoms. The number of amides is 2. The highest BCUT2D eigenvalue weighted by atomic mass is 16.5. The second-order valence-corrected chi connectivity index (χ2v) is 7.73. The van der Waals surface area contributed by atoms with Crippen molar-refractivity contribution in [3.8, 4) is 11.5 Å². The van der Waals surface area contributed by atoms with E-state index in [1.165, 1.54) is 0 Å². The highest BCUT2D eigenvalue weighted by Gasteiger charge is 2.33. The normalized spacial score (nSPS) is 23.2. The molecular weight excluding hydrogens is 358 g/mol. The van der Waals surface area contributed by atoms with Gasteiger partial charge in [0.1, 0.15) is 11.5 Å². The van der Waals surface area contributed by atoms with Crippen LogP contribution in [0.4, 0.5) is 5.69 Å². The van der Waals surface area contributed by atoms with Gasteiger partial charge in [-0.1, -0.05) is 0 Å². The molecule has 1 aromatic carbocycles. The van der Waals surface area contributed by atoms with Crippen LogP contribution < -0.4 is 14.8 Å². The van der Waals surface area contributed by atoms with Crippen LogP contribution in [0.25, 0.3) is 0 Å². The highest BCUT2D eigenvalue weighted by Crippen LogP contribution is 2.33. The zero-order chi connectivity index (χ0) is 20.1. The van der Waals surface area contributed by atoms with Crippen molar-refractivity contribution in [1.29, 1.82) is 0 Å². The van der Waals surface area contributed by atoms with Crippen molar-refractivity contribution < 1.29 is 19.1 Å². The SMILES string of the molecule is COc1ccc(NC(=O)C2CCC(C(=O)N3CCN(C)CC3)CC2)c(OC)c1. The maximum absolute atomic E-state index is 12.7. The lowest BCUT2D eigenvalue weighted by Crippen LogP contribution is -2.49. The lowest BCUT2D eigenvalue weighted by atomic mass is 9.80. The predicted molar refractivity (Wildman–Crippen MR) is 108 cm³/mol. The minimum absolute atomic E-state index is 0.00559. The van der Waals surface area contributed by atoms with Crippen LogP contribution in [0, 0.1) is 11.8 Å². The van der Waals surface area contributed by atoms with Gasteiger partial charge in [-0.15, -0.1) is 0 Å². The Morgan fingerprint density at radius 3 is 2.21 bits per heavy atom. The molecule has 1 aliphatic heterocycles. The summed E-state index contributed by atoms with van der Waals surface area (Å²) in [6.45, 7) is 3.50. The number of benzene rings is 1. The van der Waals surface area contributed by atoms with Crippen molar-refractivity contribution in [2.75, 3.05) is 52.8 Å². The third-order valence-corrected chi connectivity index (χ3v) is 5.93. The maximum Gasteiger partial charge on any atom is 0.227 e. The Hall–Kier alpha value is -2.28. The molecule has 0 atom stereocenters. The number of piperazine rings is 1. The fraction of sp³-hybridized carbons (Fsp3) is 0.619. The quantitative estimate of drug-likeness (QED) is 0.836. The van der Waals surface area contributed by atoms with E-state index in [9.17, 15) is 9.59 Å². The Bertz CT molecular complexity index is 693. The van der Waals surface area contributed by atoms with Gasteiger partial charge in [-0.05, 0) is 44.9 Å². The van der Waals surface area contributed by atoms with Gasteiger partial charge in [-0.3, -0.25) is 9.59 Å². The number of carbonyl (C=O) groups excluding carboxylic acids is 2. The molecule has 0 unspecified atom stereocenters. The molecule has 1 aliphatic carbocycles. The minimum Gasteiger partial charge on any atom is -0.497 e. The van der Waals surface area contributed by atoms with E-state index in [1.54, 1.807) is 32.4 Å². The van der Waals surface area contributed by atoms with Gasteiger partial charge in [0.05, 0.1) is 19.9 Å². The number of carbonyl (C=O) groups is 2. The van der Waals surface area contributed by atoms with E-state index in [-0.39, 0.29) is 23.7 Å². The summed E-state index contributed by atoms with van der Waals surface area (Å²) in [5, 5.41) is 2.97. The number of methoxy groups -OCH3 is 2. The topological polar surface area (TPSA) is 71.1 Å². The molecule has 1 saturated heterocycles. The molecule has 0 radical (unpaired) electrons. The van der Waals surface area contributed by atoms with Gasteiger partial charge in [-0.25, -0.2) is 0 Å². The van der Waals surface area contributed by atoms with E-state index in [0.29, 0.717) is 17.2 Å². The molecule has 1 saturated carbocycles. The van der Waals surface area contributed by atoms with E-state index < -0.39 is 0 Å². The first-order valence-corrected chi connectivity index (χ1v) is 10.0. The predicted octanol–water partition coefficient (Wildman–Crippen LogP) is 2.22. The van der Waals surface area contributed by atoms with Crippen LogP contribution in [0.3, 0.4) is 0 Å². The molecule has 1 N–H and O–H groups in total. The molecule has 0 bridgehead atoms. The van der Waals surface area contributed by atoms with Crippen molar-refractivity contribution in [3.05, 3.63) is 18.2 Å². The molecule has 7 nitrogen and oxygen atoms in total. The van der Waals surface area contributed by atoms with E-state index in [1.807, 2.05) is 4.90 Å². The summed E-state index contributed by atoms with van der Waals surface area (Å²) in [6.07, 6.45) is 3.05. The first kappa shape index (κ1) is 20.5. The van der Waals surface area contributed by atoms with Crippen LogP contribution in [0.15, 0.2) is 18.2 Å². The van der Waals surface area contributed by atoms with Gasteiger partial charge in [0.2, 0.25) is 11.8 Å². The summed E-state index contributed by atoms with van der Waals surface area (Å²) in [5.74, 6) is 1.51. The van der Waals surface area contributed by atoms with E-state index in [2.05, 4.69) is 17.3 Å². The smallest absolute Gasteiger partial charge is 0.227 e. The first-order chi connectivity index (χ1) is 13.5. The van der Waals surface area contributed by atoms with Crippen molar-refractivity contribution in [1.82, 2.24) is 9.80 Å². The molecule has 2 fully saturated rings. The minimum atomic E-state index is -0.0663. The Morgan fingerprint density at radius 2 is 1.61 bits per heavy atom. The van der Waals surface area contributed by atoms with Crippen LogP contribution in [-0.2, 0) is 9.59 Å². The Balaban J connectivity index is 1.52. The zero-order valence-electron chi connectivity index (χ0n) is 17.1. The van der Waals surface area contributed by atoms with Crippen LogP contribution in [-0.4, -0.2) is 69.1 Å². The van der Waals surface area contributed by atoms with Crippen LogP contribution in [0.2, 0.25) is 0 Å². The van der Waals surface area contributed by atoms with Crippen molar-refractivity contribution in [2.45, 2.75) is 25.7 Å². The average Bonchev–Trinajstić information content (AvgIpc) is 2.74. The molecule has 2 aliphatic rings. The maximum atomic E-state index is 12.7. The third-order valence-electron chi connectivity index (χ3n) is 5.93. The molecule has 7 heteroatoms. The fourth-order valence-electron chi connectivity index (χ4n) is 4.02. The molecule has 3 rings (SSSR count). The molecule has 1 aromatic rings. The van der Waals surface area contributed by atoms with Crippen LogP contribution in [0.1, 0.15) is 25.7 Å². The Morgan fingerprint density at radius 1 is 0.964 bits per heavy atom. The summed E-state index contributed by atoms with van der Waals surface area (Å²) < 4.78 is 10.5. The van der Waals surface area contributed by atoms with Crippen LogP contribution >= 0.6 is 0 Å². The number of ether oxygens (including phenoxy) is 2. The van der Waals surface area contributed by atoms with Crippen molar-refractivity contribution >= 4 is 17.5 Å². The molecule has 2 amide bonds. The lowest BCUT2D eigenvalue weighted by Gasteiger charge is -2.36. The average molecular weight is 389 g/mol. The van der Waals surface area contributed by atoms with Gasteiger partial charge < -0.3 is 24.6 Å². The second-order valence-electron chi connectivity index (χ2n) is 7.73. The number of anilines is 1. The molecule has 0 aromatic heterocycles. The molecule has 1 heterocycles. The van der Waals surface area contributed by atoms with Crippen molar-refractivity contribution in [3.63, 3.8) is 0 Å². The number of nitrogens with zero attached hydrogens (tertiary/aromatic N) is 2. The molecule has 154 valence electrons. The van der Waals surface area contributed by atoms with Crippen molar-refractivity contribution in [2.24, 2.45) is 11.8 Å². The molecular formula is C21H31N3O4. The van der Waals surface area contributed by atoms with E-state index in [4.69, 9.17) is 9.47 Å². The molecule has 28 heavy (non-hydrogen) atoms. The van der Waals surface area contributed by atoms with E-state index in [0.717, 1.165) is 51.9 Å². The third kappa shape index (κ3) is 4.76. The summed E-state index contributed by atoms with van der Waals surface area (Å²) in [6, 6.07) is 5.34. The summed E-state index contributed by atoms with van der Waals surface area (Å²) in [5.41, 5.74) is 0.643.